The van der Waals surface area contributed by atoms with E-state index in [1.807, 2.05) is 0 Å². The van der Waals surface area contributed by atoms with Crippen LogP contribution in [0.1, 0.15) is 37.7 Å². The lowest BCUT2D eigenvalue weighted by molar-refractivity contribution is 0.558. The summed E-state index contributed by atoms with van der Waals surface area (Å²) in [5.41, 5.74) is 2.74. The predicted molar refractivity (Wildman–Crippen MR) is 83.1 cm³/mol. The van der Waals surface area contributed by atoms with Gasteiger partial charge in [-0.05, 0) is 42.7 Å². The van der Waals surface area contributed by atoms with Gasteiger partial charge in [0.15, 0.2) is 9.84 Å². The van der Waals surface area contributed by atoms with Crippen molar-refractivity contribution in [3.05, 3.63) is 29.8 Å². The van der Waals surface area contributed by atoms with Crippen LogP contribution in [0.3, 0.4) is 0 Å². The molecular weight excluding hydrogens is 270 g/mol. The van der Waals surface area contributed by atoms with Gasteiger partial charge in [0.25, 0.3) is 0 Å². The summed E-state index contributed by atoms with van der Waals surface area (Å²) in [6.45, 7) is 4.24. The molecule has 3 rings (SSSR count). The Bertz CT molecular complexity index is 582. The van der Waals surface area contributed by atoms with Crippen molar-refractivity contribution in [1.82, 2.24) is 0 Å². The summed E-state index contributed by atoms with van der Waals surface area (Å²) >= 11 is 0. The predicted octanol–water partition coefficient (Wildman–Crippen LogP) is 2.83. The average Bonchev–Trinajstić information content (AvgIpc) is 2.68. The first-order valence-corrected chi connectivity index (χ1v) is 9.41. The van der Waals surface area contributed by atoms with Crippen LogP contribution in [0.5, 0.6) is 0 Å². The summed E-state index contributed by atoms with van der Waals surface area (Å²) in [7, 11) is -2.77. The number of hydrogen-bond donors (Lipinski definition) is 0. The number of nitrogens with zero attached hydrogens (tertiary/aromatic N) is 1. The number of sulfone groups is 1. The van der Waals surface area contributed by atoms with Crippen LogP contribution in [0.2, 0.25) is 0 Å². The molecule has 1 aromatic rings. The molecule has 0 aromatic heterocycles. The highest BCUT2D eigenvalue weighted by Gasteiger charge is 2.30. The largest absolute Gasteiger partial charge is 0.371 e. The Balaban J connectivity index is 1.81. The number of anilines is 1. The minimum atomic E-state index is -2.77. The molecule has 2 atom stereocenters. The van der Waals surface area contributed by atoms with E-state index in [0.717, 1.165) is 19.5 Å². The molecular formula is C16H23NO2S. The van der Waals surface area contributed by atoms with Crippen molar-refractivity contribution in [3.8, 4) is 0 Å². The molecule has 20 heavy (non-hydrogen) atoms. The normalized spacial score (nSPS) is 28.9. The molecule has 4 heteroatoms. The lowest BCUT2D eigenvalue weighted by Crippen LogP contribution is -2.30. The summed E-state index contributed by atoms with van der Waals surface area (Å²) < 4.78 is 23.3. The molecule has 1 aromatic carbocycles. The van der Waals surface area contributed by atoms with E-state index in [9.17, 15) is 8.42 Å². The fourth-order valence-corrected chi connectivity index (χ4v) is 5.42. The molecule has 0 amide bonds. The van der Waals surface area contributed by atoms with E-state index in [-0.39, 0.29) is 0 Å². The Morgan fingerprint density at radius 2 is 2.05 bits per heavy atom. The third-order valence-corrected chi connectivity index (χ3v) is 6.52. The van der Waals surface area contributed by atoms with Gasteiger partial charge in [0, 0.05) is 18.8 Å². The van der Waals surface area contributed by atoms with Crippen molar-refractivity contribution in [2.24, 2.45) is 5.92 Å². The standard InChI is InChI=1S/C16H23NO2S/c1-13-5-4-9-17(16-7-3-2-6-15(13)16)11-14-8-10-20(18,19)12-14/h2-3,6-7,13-14H,4-5,8-12H2,1H3/t13-,14-/m1/s1. The van der Waals surface area contributed by atoms with E-state index >= 15 is 0 Å². The fourth-order valence-electron chi connectivity index (χ4n) is 3.57. The van der Waals surface area contributed by atoms with Gasteiger partial charge in [-0.3, -0.25) is 0 Å². The minimum absolute atomic E-state index is 0.307. The summed E-state index contributed by atoms with van der Waals surface area (Å²) in [4.78, 5) is 2.42. The van der Waals surface area contributed by atoms with Gasteiger partial charge in [0.1, 0.15) is 0 Å². The van der Waals surface area contributed by atoms with Crippen molar-refractivity contribution >= 4 is 15.5 Å². The Labute approximate surface area is 121 Å². The summed E-state index contributed by atoms with van der Waals surface area (Å²) in [5, 5.41) is 0. The highest BCUT2D eigenvalue weighted by Crippen LogP contribution is 2.35. The van der Waals surface area contributed by atoms with E-state index in [4.69, 9.17) is 0 Å². The van der Waals surface area contributed by atoms with Gasteiger partial charge >= 0.3 is 0 Å². The second kappa shape index (κ2) is 5.40. The lowest BCUT2D eigenvalue weighted by Gasteiger charge is -2.28. The van der Waals surface area contributed by atoms with Crippen LogP contribution in [0.4, 0.5) is 5.69 Å². The second-order valence-electron chi connectivity index (χ2n) is 6.32. The zero-order chi connectivity index (χ0) is 14.2. The lowest BCUT2D eigenvalue weighted by atomic mass is 9.96. The molecule has 0 bridgehead atoms. The first-order chi connectivity index (χ1) is 9.55. The van der Waals surface area contributed by atoms with E-state index in [0.29, 0.717) is 23.3 Å². The molecule has 0 unspecified atom stereocenters. The molecule has 1 saturated heterocycles. The highest BCUT2D eigenvalue weighted by molar-refractivity contribution is 7.91. The van der Waals surface area contributed by atoms with Crippen LogP contribution in [0, 0.1) is 5.92 Å². The Kier molecular flexibility index (Phi) is 3.76. The highest BCUT2D eigenvalue weighted by atomic mass is 32.2. The molecule has 2 aliphatic rings. The minimum Gasteiger partial charge on any atom is -0.371 e. The molecule has 3 nitrogen and oxygen atoms in total. The van der Waals surface area contributed by atoms with E-state index in [2.05, 4.69) is 36.1 Å². The van der Waals surface area contributed by atoms with E-state index in [1.54, 1.807) is 0 Å². The third-order valence-electron chi connectivity index (χ3n) is 4.68. The SMILES string of the molecule is C[C@@H]1CCCN(C[C@H]2CCS(=O)(=O)C2)c2ccccc21. The molecule has 2 heterocycles. The summed E-state index contributed by atoms with van der Waals surface area (Å²) in [6, 6.07) is 8.62. The Morgan fingerprint density at radius 1 is 1.25 bits per heavy atom. The Morgan fingerprint density at radius 3 is 2.80 bits per heavy atom. The maximum absolute atomic E-state index is 11.6. The number of hydrogen-bond acceptors (Lipinski definition) is 3. The zero-order valence-electron chi connectivity index (χ0n) is 12.1. The smallest absolute Gasteiger partial charge is 0.150 e. The second-order valence-corrected chi connectivity index (χ2v) is 8.55. The van der Waals surface area contributed by atoms with Crippen LogP contribution >= 0.6 is 0 Å². The maximum Gasteiger partial charge on any atom is 0.150 e. The number of para-hydroxylation sites is 1. The monoisotopic (exact) mass is 293 g/mol. The zero-order valence-corrected chi connectivity index (χ0v) is 12.9. The number of fused-ring (bicyclic) bond motifs is 1. The van der Waals surface area contributed by atoms with Crippen LogP contribution in [0.25, 0.3) is 0 Å². The van der Waals surface area contributed by atoms with Crippen molar-refractivity contribution in [1.29, 1.82) is 0 Å². The number of benzene rings is 1. The van der Waals surface area contributed by atoms with Crippen LogP contribution in [0.15, 0.2) is 24.3 Å². The summed E-state index contributed by atoms with van der Waals surface area (Å²) in [5.74, 6) is 1.66. The van der Waals surface area contributed by atoms with Crippen LogP contribution in [-0.2, 0) is 9.84 Å². The van der Waals surface area contributed by atoms with Crippen LogP contribution < -0.4 is 4.90 Å². The van der Waals surface area contributed by atoms with Gasteiger partial charge in [-0.2, -0.15) is 0 Å². The Hall–Kier alpha value is -1.03. The van der Waals surface area contributed by atoms with Crippen molar-refractivity contribution in [2.45, 2.75) is 32.1 Å². The third kappa shape index (κ3) is 2.85. The molecule has 2 aliphatic heterocycles. The first kappa shape index (κ1) is 13.9. The van der Waals surface area contributed by atoms with Gasteiger partial charge in [0.05, 0.1) is 11.5 Å². The topological polar surface area (TPSA) is 37.4 Å². The molecule has 0 radical (unpaired) electrons. The maximum atomic E-state index is 11.6. The van der Waals surface area contributed by atoms with Crippen molar-refractivity contribution in [2.75, 3.05) is 29.5 Å². The average molecular weight is 293 g/mol. The van der Waals surface area contributed by atoms with Crippen LogP contribution in [-0.4, -0.2) is 33.0 Å². The van der Waals surface area contributed by atoms with E-state index in [1.165, 1.54) is 24.1 Å². The molecule has 0 aliphatic carbocycles. The number of rotatable bonds is 2. The summed E-state index contributed by atoms with van der Waals surface area (Å²) in [6.07, 6.45) is 3.24. The van der Waals surface area contributed by atoms with Gasteiger partial charge in [-0.25, -0.2) is 8.42 Å². The molecule has 110 valence electrons. The van der Waals surface area contributed by atoms with Gasteiger partial charge in [-0.15, -0.1) is 0 Å². The first-order valence-electron chi connectivity index (χ1n) is 7.59. The molecule has 0 spiro atoms. The van der Waals surface area contributed by atoms with Gasteiger partial charge < -0.3 is 4.90 Å². The molecule has 0 saturated carbocycles. The van der Waals surface area contributed by atoms with Gasteiger partial charge in [-0.1, -0.05) is 25.1 Å². The van der Waals surface area contributed by atoms with Gasteiger partial charge in [0.2, 0.25) is 0 Å². The van der Waals surface area contributed by atoms with E-state index < -0.39 is 9.84 Å². The van der Waals surface area contributed by atoms with Crippen molar-refractivity contribution in [3.63, 3.8) is 0 Å². The molecule has 0 N–H and O–H groups in total. The fraction of sp³-hybridized carbons (Fsp3) is 0.625. The van der Waals surface area contributed by atoms with Crippen molar-refractivity contribution < 1.29 is 8.42 Å². The quantitative estimate of drug-likeness (QED) is 0.841. The molecule has 1 fully saturated rings.